The first-order valence-electron chi connectivity index (χ1n) is 7.42. The van der Waals surface area contributed by atoms with Gasteiger partial charge in [-0.05, 0) is 63.4 Å². The molecule has 2 rings (SSSR count). The van der Waals surface area contributed by atoms with Crippen molar-refractivity contribution < 1.29 is 9.50 Å². The maximum atomic E-state index is 12.9. The predicted octanol–water partition coefficient (Wildman–Crippen LogP) is 2.45. The Labute approximate surface area is 120 Å². The Morgan fingerprint density at radius 2 is 2.00 bits per heavy atom. The van der Waals surface area contributed by atoms with Crippen molar-refractivity contribution in [2.45, 2.75) is 44.2 Å². The van der Waals surface area contributed by atoms with Crippen molar-refractivity contribution in [3.8, 4) is 0 Å². The second-order valence-corrected chi connectivity index (χ2v) is 6.14. The van der Waals surface area contributed by atoms with Crippen LogP contribution in [0.4, 0.5) is 4.39 Å². The zero-order valence-electron chi connectivity index (χ0n) is 12.2. The molecule has 112 valence electrons. The Morgan fingerprint density at radius 3 is 2.70 bits per heavy atom. The van der Waals surface area contributed by atoms with Crippen molar-refractivity contribution in [1.82, 2.24) is 4.90 Å². The highest BCUT2D eigenvalue weighted by Crippen LogP contribution is 2.22. The molecule has 0 aromatic heterocycles. The molecule has 3 nitrogen and oxygen atoms in total. The van der Waals surface area contributed by atoms with E-state index in [1.807, 2.05) is 6.92 Å². The van der Waals surface area contributed by atoms with E-state index >= 15 is 0 Å². The predicted molar refractivity (Wildman–Crippen MR) is 78.9 cm³/mol. The van der Waals surface area contributed by atoms with Crippen LogP contribution in [0.25, 0.3) is 0 Å². The van der Waals surface area contributed by atoms with Crippen LogP contribution in [0.1, 0.15) is 44.2 Å². The number of hydrogen-bond donors (Lipinski definition) is 2. The molecule has 0 bridgehead atoms. The quantitative estimate of drug-likeness (QED) is 0.890. The highest BCUT2D eigenvalue weighted by atomic mass is 19.1. The summed E-state index contributed by atoms with van der Waals surface area (Å²) in [5.74, 6) is -0.226. The van der Waals surface area contributed by atoms with Crippen LogP contribution >= 0.6 is 0 Å². The van der Waals surface area contributed by atoms with Gasteiger partial charge in [0.1, 0.15) is 5.82 Å². The minimum absolute atomic E-state index is 0.0561. The van der Waals surface area contributed by atoms with Crippen LogP contribution in [0.5, 0.6) is 0 Å². The smallest absolute Gasteiger partial charge is 0.123 e. The van der Waals surface area contributed by atoms with Gasteiger partial charge in [-0.2, -0.15) is 0 Å². The lowest BCUT2D eigenvalue weighted by atomic mass is 9.98. The van der Waals surface area contributed by atoms with Crippen LogP contribution in [0, 0.1) is 5.82 Å². The fourth-order valence-corrected chi connectivity index (χ4v) is 2.74. The van der Waals surface area contributed by atoms with E-state index in [1.165, 1.54) is 12.1 Å². The monoisotopic (exact) mass is 280 g/mol. The van der Waals surface area contributed by atoms with Crippen LogP contribution in [0.2, 0.25) is 0 Å². The van der Waals surface area contributed by atoms with Gasteiger partial charge in [-0.25, -0.2) is 4.39 Å². The van der Waals surface area contributed by atoms with Gasteiger partial charge >= 0.3 is 0 Å². The Bertz CT molecular complexity index is 419. The maximum absolute atomic E-state index is 12.9. The fraction of sp³-hybridized carbons (Fsp3) is 0.625. The van der Waals surface area contributed by atoms with Crippen LogP contribution < -0.4 is 5.73 Å². The second kappa shape index (κ2) is 6.66. The molecule has 1 aliphatic rings. The van der Waals surface area contributed by atoms with Gasteiger partial charge in [0, 0.05) is 12.6 Å². The second-order valence-electron chi connectivity index (χ2n) is 6.14. The lowest BCUT2D eigenvalue weighted by Crippen LogP contribution is -2.30. The minimum Gasteiger partial charge on any atom is -0.390 e. The number of benzene rings is 1. The summed E-state index contributed by atoms with van der Waals surface area (Å²) in [6.07, 6.45) is 3.57. The molecule has 0 saturated carbocycles. The summed E-state index contributed by atoms with van der Waals surface area (Å²) in [5, 5.41) is 10.1. The van der Waals surface area contributed by atoms with E-state index in [-0.39, 0.29) is 11.9 Å². The molecular weight excluding hydrogens is 255 g/mol. The van der Waals surface area contributed by atoms with Crippen molar-refractivity contribution in [1.29, 1.82) is 0 Å². The average Bonchev–Trinajstić information content (AvgIpc) is 2.58. The molecule has 2 unspecified atom stereocenters. The van der Waals surface area contributed by atoms with E-state index in [4.69, 9.17) is 5.73 Å². The number of rotatable bonds is 4. The molecule has 2 atom stereocenters. The Kier molecular flexibility index (Phi) is 5.13. The molecule has 1 aromatic rings. The first-order chi connectivity index (χ1) is 9.46. The van der Waals surface area contributed by atoms with E-state index < -0.39 is 5.60 Å². The van der Waals surface area contributed by atoms with Gasteiger partial charge in [-0.15, -0.1) is 0 Å². The summed E-state index contributed by atoms with van der Waals surface area (Å²) in [6, 6.07) is 6.37. The minimum atomic E-state index is -0.520. The molecule has 0 amide bonds. The molecule has 1 saturated heterocycles. The van der Waals surface area contributed by atoms with Gasteiger partial charge in [0.15, 0.2) is 0 Å². The number of aliphatic hydroxyl groups is 1. The van der Waals surface area contributed by atoms with Gasteiger partial charge in [0.25, 0.3) is 0 Å². The van der Waals surface area contributed by atoms with Gasteiger partial charge in [-0.3, -0.25) is 0 Å². The van der Waals surface area contributed by atoms with Crippen LogP contribution in [0.3, 0.4) is 0 Å². The summed E-state index contributed by atoms with van der Waals surface area (Å²) < 4.78 is 12.9. The standard InChI is InChI=1S/C16H25FN2O/c1-16(20)8-2-10-19(12-9-16)11-7-15(18)13-3-5-14(17)6-4-13/h3-6,15,20H,2,7-12,18H2,1H3. The molecule has 1 fully saturated rings. The SMILES string of the molecule is CC1(O)CCCN(CCC(N)c2ccc(F)cc2)CC1. The lowest BCUT2D eigenvalue weighted by Gasteiger charge is -2.23. The molecule has 3 N–H and O–H groups in total. The van der Waals surface area contributed by atoms with Crippen molar-refractivity contribution >= 4 is 0 Å². The first-order valence-corrected chi connectivity index (χ1v) is 7.42. The van der Waals surface area contributed by atoms with Crippen molar-refractivity contribution in [2.24, 2.45) is 5.73 Å². The van der Waals surface area contributed by atoms with Crippen molar-refractivity contribution in [3.63, 3.8) is 0 Å². The highest BCUT2D eigenvalue weighted by molar-refractivity contribution is 5.19. The highest BCUT2D eigenvalue weighted by Gasteiger charge is 2.24. The molecule has 1 aromatic carbocycles. The van der Waals surface area contributed by atoms with Crippen LogP contribution in [-0.4, -0.2) is 35.2 Å². The third-order valence-corrected chi connectivity index (χ3v) is 4.21. The van der Waals surface area contributed by atoms with Crippen LogP contribution in [-0.2, 0) is 0 Å². The average molecular weight is 280 g/mol. The number of halogens is 1. The third-order valence-electron chi connectivity index (χ3n) is 4.21. The summed E-state index contributed by atoms with van der Waals surface area (Å²) >= 11 is 0. The van der Waals surface area contributed by atoms with Crippen LogP contribution in [0.15, 0.2) is 24.3 Å². The molecule has 1 aliphatic heterocycles. The third kappa shape index (κ3) is 4.54. The van der Waals surface area contributed by atoms with Gasteiger partial charge in [0.2, 0.25) is 0 Å². The van der Waals surface area contributed by atoms with Gasteiger partial charge in [0.05, 0.1) is 5.60 Å². The zero-order chi connectivity index (χ0) is 14.6. The molecule has 1 heterocycles. The first kappa shape index (κ1) is 15.4. The van der Waals surface area contributed by atoms with E-state index in [1.54, 1.807) is 12.1 Å². The van der Waals surface area contributed by atoms with E-state index in [2.05, 4.69) is 4.90 Å². The van der Waals surface area contributed by atoms with Crippen molar-refractivity contribution in [3.05, 3.63) is 35.6 Å². The van der Waals surface area contributed by atoms with Gasteiger partial charge < -0.3 is 15.7 Å². The number of nitrogens with two attached hydrogens (primary N) is 1. The largest absolute Gasteiger partial charge is 0.390 e. The molecule has 4 heteroatoms. The molecule has 20 heavy (non-hydrogen) atoms. The topological polar surface area (TPSA) is 49.5 Å². The molecule has 0 spiro atoms. The zero-order valence-corrected chi connectivity index (χ0v) is 12.2. The van der Waals surface area contributed by atoms with Gasteiger partial charge in [-0.1, -0.05) is 12.1 Å². The summed E-state index contributed by atoms with van der Waals surface area (Å²) in [5.41, 5.74) is 6.62. The van der Waals surface area contributed by atoms with Crippen molar-refractivity contribution in [2.75, 3.05) is 19.6 Å². The summed E-state index contributed by atoms with van der Waals surface area (Å²) in [6.45, 7) is 4.78. The summed E-state index contributed by atoms with van der Waals surface area (Å²) in [4.78, 5) is 2.37. The Balaban J connectivity index is 1.81. The molecule has 0 aliphatic carbocycles. The molecule has 0 radical (unpaired) electrons. The number of nitrogens with zero attached hydrogens (tertiary/aromatic N) is 1. The lowest BCUT2D eigenvalue weighted by molar-refractivity contribution is 0.0446. The normalized spacial score (nSPS) is 26.2. The molecular formula is C16H25FN2O. The summed E-state index contributed by atoms with van der Waals surface area (Å²) in [7, 11) is 0. The Hall–Kier alpha value is -0.970. The maximum Gasteiger partial charge on any atom is 0.123 e. The van der Waals surface area contributed by atoms with E-state index in [0.717, 1.165) is 50.9 Å². The fourth-order valence-electron chi connectivity index (χ4n) is 2.74. The van der Waals surface area contributed by atoms with E-state index in [9.17, 15) is 9.50 Å². The Morgan fingerprint density at radius 1 is 1.30 bits per heavy atom. The number of likely N-dealkylation sites (tertiary alicyclic amines) is 1. The number of hydrogen-bond acceptors (Lipinski definition) is 3. The van der Waals surface area contributed by atoms with E-state index in [0.29, 0.717) is 0 Å².